The third-order valence-electron chi connectivity index (χ3n) is 10.5. The summed E-state index contributed by atoms with van der Waals surface area (Å²) in [5.74, 6) is 0.656. The van der Waals surface area contributed by atoms with Crippen molar-refractivity contribution >= 4 is 0 Å². The zero-order valence-electron chi connectivity index (χ0n) is 14.3. The van der Waals surface area contributed by atoms with E-state index in [1.807, 2.05) is 0 Å². The van der Waals surface area contributed by atoms with E-state index in [1.54, 1.807) is 0 Å². The maximum atomic E-state index is 12.2. The molecule has 9 bridgehead atoms. The van der Waals surface area contributed by atoms with Crippen LogP contribution in [-0.2, 0) is 0 Å². The van der Waals surface area contributed by atoms with Crippen LogP contribution in [0.4, 0.5) is 0 Å². The molecule has 2 spiro atoms. The monoisotopic (exact) mass is 329 g/mol. The minimum absolute atomic E-state index is 0.0220. The quantitative estimate of drug-likeness (QED) is 0.583. The minimum atomic E-state index is -0.789. The first-order valence-electron chi connectivity index (χ1n) is 9.88. The van der Waals surface area contributed by atoms with Crippen molar-refractivity contribution in [2.45, 2.75) is 63.0 Å². The second-order valence-electron chi connectivity index (χ2n) is 10.6. The van der Waals surface area contributed by atoms with Crippen LogP contribution in [0, 0.1) is 39.9 Å². The van der Waals surface area contributed by atoms with E-state index in [4.69, 9.17) is 0 Å². The predicted molar refractivity (Wildman–Crippen MR) is 86.6 cm³/mol. The third-order valence-corrected chi connectivity index (χ3v) is 10.5. The number of fused-ring (bicyclic) bond motifs is 1. The lowest BCUT2D eigenvalue weighted by Gasteiger charge is -2.65. The molecular weight excluding hydrogens is 302 g/mol. The average Bonchev–Trinajstić information content (AvgIpc) is 2.94. The molecule has 24 heavy (non-hydrogen) atoms. The Kier molecular flexibility index (Phi) is 1.88. The normalized spacial score (nSPS) is 76.1. The molecule has 0 aromatic heterocycles. The summed E-state index contributed by atoms with van der Waals surface area (Å²) < 4.78 is 0. The van der Waals surface area contributed by atoms with Crippen LogP contribution in [0.15, 0.2) is 12.2 Å². The van der Waals surface area contributed by atoms with E-state index in [0.29, 0.717) is 12.0 Å². The number of hydrogen-bond donors (Lipinski definition) is 3. The fourth-order valence-corrected chi connectivity index (χ4v) is 10.5. The molecule has 4 nitrogen and oxygen atoms in total. The highest BCUT2D eigenvalue weighted by molar-refractivity contribution is 5.45. The van der Waals surface area contributed by atoms with Gasteiger partial charge in [-0.1, -0.05) is 19.9 Å². The van der Waals surface area contributed by atoms with Crippen molar-refractivity contribution in [3.8, 4) is 0 Å². The molecule has 0 amide bonds. The Labute approximate surface area is 142 Å². The molecule has 0 aromatic carbocycles. The van der Waals surface area contributed by atoms with Crippen LogP contribution in [-0.4, -0.2) is 50.7 Å². The van der Waals surface area contributed by atoms with E-state index in [2.05, 4.69) is 18.4 Å². The van der Waals surface area contributed by atoms with Gasteiger partial charge in [0, 0.05) is 41.2 Å². The first-order chi connectivity index (χ1) is 11.3. The van der Waals surface area contributed by atoms with Crippen LogP contribution in [0.3, 0.4) is 0 Å². The van der Waals surface area contributed by atoms with Gasteiger partial charge in [0.15, 0.2) is 0 Å². The molecule has 6 saturated carbocycles. The molecule has 0 aromatic rings. The number of aliphatic hydroxyl groups excluding tert-OH is 2. The average molecular weight is 329 g/mol. The number of aliphatic hydroxyl groups is 3. The van der Waals surface area contributed by atoms with Crippen LogP contribution >= 0.6 is 0 Å². The Balaban J connectivity index is 1.58. The van der Waals surface area contributed by atoms with E-state index >= 15 is 0 Å². The Morgan fingerprint density at radius 1 is 1.21 bits per heavy atom. The van der Waals surface area contributed by atoms with Gasteiger partial charge in [-0.05, 0) is 42.6 Å². The van der Waals surface area contributed by atoms with Crippen molar-refractivity contribution in [2.75, 3.05) is 6.54 Å². The van der Waals surface area contributed by atoms with Crippen molar-refractivity contribution < 1.29 is 15.3 Å². The standard InChI is InChI=1S/C20H27NO3/c1-9-10-6-12-18(16(9)23)7-11-14-17(2)4-3-5-19(14,15(18)13(10)22)20(12,24)21(11)8-17/h10-16,22-24H,1,3-8H2,2H3. The highest BCUT2D eigenvalue weighted by Gasteiger charge is 2.94. The van der Waals surface area contributed by atoms with Crippen LogP contribution < -0.4 is 0 Å². The fraction of sp³-hybridized carbons (Fsp3) is 0.900. The molecule has 4 heteroatoms. The zero-order valence-corrected chi connectivity index (χ0v) is 14.3. The van der Waals surface area contributed by atoms with Crippen molar-refractivity contribution in [3.63, 3.8) is 0 Å². The molecular formula is C20H27NO3. The summed E-state index contributed by atoms with van der Waals surface area (Å²) in [6, 6.07) is 0.400. The van der Waals surface area contributed by atoms with E-state index in [9.17, 15) is 15.3 Å². The molecule has 6 aliphatic carbocycles. The Morgan fingerprint density at radius 3 is 2.79 bits per heavy atom. The molecule has 3 heterocycles. The van der Waals surface area contributed by atoms with Crippen LogP contribution in [0.1, 0.15) is 39.0 Å². The van der Waals surface area contributed by atoms with E-state index in [1.165, 1.54) is 6.42 Å². The van der Waals surface area contributed by atoms with Gasteiger partial charge in [-0.3, -0.25) is 4.90 Å². The Hall–Kier alpha value is -0.420. The van der Waals surface area contributed by atoms with Crippen LogP contribution in [0.25, 0.3) is 0 Å². The van der Waals surface area contributed by atoms with Crippen molar-refractivity contribution in [3.05, 3.63) is 12.2 Å². The number of rotatable bonds is 0. The maximum Gasteiger partial charge on any atom is 0.128 e. The van der Waals surface area contributed by atoms with Gasteiger partial charge in [0.05, 0.1) is 12.2 Å². The van der Waals surface area contributed by atoms with Crippen molar-refractivity contribution in [1.29, 1.82) is 0 Å². The molecule has 12 atom stereocenters. The second-order valence-corrected chi connectivity index (χ2v) is 10.6. The Morgan fingerprint density at radius 2 is 2.00 bits per heavy atom. The first kappa shape index (κ1) is 13.7. The molecule has 12 unspecified atom stereocenters. The number of nitrogens with zero attached hydrogens (tertiary/aromatic N) is 1. The SMILES string of the molecule is C=C1C2CC3C4(CC5C6C7(C)CCCC6(C4C2O)C3(O)N5C7)C1O. The van der Waals surface area contributed by atoms with Gasteiger partial charge in [0.25, 0.3) is 0 Å². The smallest absolute Gasteiger partial charge is 0.128 e. The topological polar surface area (TPSA) is 63.9 Å². The van der Waals surface area contributed by atoms with Gasteiger partial charge in [0.2, 0.25) is 0 Å². The zero-order chi connectivity index (χ0) is 16.4. The van der Waals surface area contributed by atoms with Gasteiger partial charge in [-0.15, -0.1) is 0 Å². The summed E-state index contributed by atoms with van der Waals surface area (Å²) in [5, 5.41) is 34.8. The fourth-order valence-electron chi connectivity index (χ4n) is 10.5. The molecule has 9 aliphatic rings. The number of piperidine rings is 2. The summed E-state index contributed by atoms with van der Waals surface area (Å²) in [6.07, 6.45) is 4.26. The van der Waals surface area contributed by atoms with Gasteiger partial charge in [-0.2, -0.15) is 0 Å². The highest BCUT2D eigenvalue weighted by Crippen LogP contribution is 2.89. The lowest BCUT2D eigenvalue weighted by atomic mass is 9.39. The van der Waals surface area contributed by atoms with Crippen LogP contribution in [0.2, 0.25) is 0 Å². The lowest BCUT2D eigenvalue weighted by Crippen LogP contribution is -2.69. The van der Waals surface area contributed by atoms with Gasteiger partial charge < -0.3 is 15.3 Å². The summed E-state index contributed by atoms with van der Waals surface area (Å²) in [7, 11) is 0. The molecule has 3 saturated heterocycles. The first-order valence-corrected chi connectivity index (χ1v) is 9.88. The molecule has 130 valence electrons. The predicted octanol–water partition coefficient (Wildman–Crippen LogP) is 1.11. The van der Waals surface area contributed by atoms with Gasteiger partial charge >= 0.3 is 0 Å². The number of hydrogen-bond acceptors (Lipinski definition) is 4. The van der Waals surface area contributed by atoms with Gasteiger partial charge in [-0.25, -0.2) is 0 Å². The summed E-state index contributed by atoms with van der Waals surface area (Å²) in [4.78, 5) is 2.45. The summed E-state index contributed by atoms with van der Waals surface area (Å²) >= 11 is 0. The van der Waals surface area contributed by atoms with Crippen molar-refractivity contribution in [2.24, 2.45) is 39.9 Å². The largest absolute Gasteiger partial charge is 0.392 e. The summed E-state index contributed by atoms with van der Waals surface area (Å²) in [6.45, 7) is 7.60. The lowest BCUT2D eigenvalue weighted by molar-refractivity contribution is -0.238. The molecule has 3 aliphatic heterocycles. The van der Waals surface area contributed by atoms with E-state index < -0.39 is 17.9 Å². The molecule has 9 fully saturated rings. The Bertz CT molecular complexity index is 724. The molecule has 3 N–H and O–H groups in total. The van der Waals surface area contributed by atoms with E-state index in [0.717, 1.165) is 37.8 Å². The molecule has 0 radical (unpaired) electrons. The van der Waals surface area contributed by atoms with Gasteiger partial charge in [0.1, 0.15) is 5.72 Å². The van der Waals surface area contributed by atoms with E-state index in [-0.39, 0.29) is 34.0 Å². The third kappa shape index (κ3) is 0.869. The van der Waals surface area contributed by atoms with Crippen LogP contribution in [0.5, 0.6) is 0 Å². The maximum absolute atomic E-state index is 12.2. The highest BCUT2D eigenvalue weighted by atomic mass is 16.3. The minimum Gasteiger partial charge on any atom is -0.392 e. The van der Waals surface area contributed by atoms with Crippen molar-refractivity contribution in [1.82, 2.24) is 4.90 Å². The second kappa shape index (κ2) is 3.28. The summed E-state index contributed by atoms with van der Waals surface area (Å²) in [5.41, 5.74) is -0.169. The molecule has 9 rings (SSSR count).